The predicted molar refractivity (Wildman–Crippen MR) is 35.1 cm³/mol. The van der Waals surface area contributed by atoms with Gasteiger partial charge < -0.3 is 5.11 Å². The molecular formula is C5H9F3OS. The molecule has 0 aliphatic heterocycles. The fourth-order valence-corrected chi connectivity index (χ4v) is 0.631. The molecule has 1 nitrogen and oxygen atoms in total. The van der Waals surface area contributed by atoms with Gasteiger partial charge in [0.2, 0.25) is 0 Å². The summed E-state index contributed by atoms with van der Waals surface area (Å²) in [5.74, 6) is 0.368. The molecule has 0 spiro atoms. The first-order valence-corrected chi connectivity index (χ1v) is 3.47. The van der Waals surface area contributed by atoms with E-state index >= 15 is 0 Å². The Morgan fingerprint density at radius 2 is 1.90 bits per heavy atom. The Morgan fingerprint density at radius 3 is 2.20 bits per heavy atom. The van der Waals surface area contributed by atoms with Gasteiger partial charge in [-0.3, -0.25) is 0 Å². The average molecular weight is 174 g/mol. The third-order valence-corrected chi connectivity index (χ3v) is 1.33. The maximum Gasteiger partial charge on any atom is 0.414 e. The van der Waals surface area contributed by atoms with Gasteiger partial charge in [0.15, 0.2) is 0 Å². The van der Waals surface area contributed by atoms with Crippen molar-refractivity contribution in [2.24, 2.45) is 0 Å². The highest BCUT2D eigenvalue weighted by molar-refractivity contribution is 7.80. The van der Waals surface area contributed by atoms with E-state index in [1.807, 2.05) is 0 Å². The Hall–Kier alpha value is 0.100. The summed E-state index contributed by atoms with van der Waals surface area (Å²) in [7, 11) is 0. The Kier molecular flexibility index (Phi) is 4.12. The van der Waals surface area contributed by atoms with E-state index in [1.54, 1.807) is 0 Å². The van der Waals surface area contributed by atoms with E-state index in [1.165, 1.54) is 0 Å². The monoisotopic (exact) mass is 174 g/mol. The lowest BCUT2D eigenvalue weighted by molar-refractivity contribution is -0.205. The zero-order valence-corrected chi connectivity index (χ0v) is 6.12. The molecule has 0 aromatic heterocycles. The summed E-state index contributed by atoms with van der Waals surface area (Å²) in [5, 5.41) is 8.36. The summed E-state index contributed by atoms with van der Waals surface area (Å²) in [5.41, 5.74) is 0. The van der Waals surface area contributed by atoms with Crippen LogP contribution in [0.3, 0.4) is 0 Å². The van der Waals surface area contributed by atoms with Crippen molar-refractivity contribution in [2.45, 2.75) is 25.1 Å². The molecular weight excluding hydrogens is 165 g/mol. The van der Waals surface area contributed by atoms with Crippen molar-refractivity contribution in [1.82, 2.24) is 0 Å². The van der Waals surface area contributed by atoms with Crippen molar-refractivity contribution in [3.8, 4) is 0 Å². The SMILES string of the molecule is OC(CCCS)C(F)(F)F. The maximum atomic E-state index is 11.5. The van der Waals surface area contributed by atoms with Gasteiger partial charge >= 0.3 is 6.18 Å². The van der Waals surface area contributed by atoms with Crippen molar-refractivity contribution in [2.75, 3.05) is 5.75 Å². The predicted octanol–water partition coefficient (Wildman–Crippen LogP) is 1.62. The van der Waals surface area contributed by atoms with Crippen LogP contribution in [0.15, 0.2) is 0 Å². The Bertz CT molecular complexity index is 93.4. The Labute approximate surface area is 62.6 Å². The van der Waals surface area contributed by atoms with Crippen LogP contribution in [0.2, 0.25) is 0 Å². The minimum Gasteiger partial charge on any atom is -0.384 e. The molecule has 5 heteroatoms. The van der Waals surface area contributed by atoms with Crippen molar-refractivity contribution in [3.63, 3.8) is 0 Å². The number of thiol groups is 1. The molecule has 0 heterocycles. The van der Waals surface area contributed by atoms with Crippen molar-refractivity contribution in [1.29, 1.82) is 0 Å². The number of aliphatic hydroxyl groups is 1. The van der Waals surface area contributed by atoms with Gasteiger partial charge in [-0.25, -0.2) is 0 Å². The molecule has 0 aliphatic carbocycles. The molecule has 1 N–H and O–H groups in total. The summed E-state index contributed by atoms with van der Waals surface area (Å²) in [6, 6.07) is 0. The molecule has 0 aromatic carbocycles. The quantitative estimate of drug-likeness (QED) is 0.623. The average Bonchev–Trinajstić information content (AvgIpc) is 1.80. The van der Waals surface area contributed by atoms with Gasteiger partial charge in [0.1, 0.15) is 6.10 Å². The summed E-state index contributed by atoms with van der Waals surface area (Å²) in [6.45, 7) is 0. The van der Waals surface area contributed by atoms with Crippen molar-refractivity contribution in [3.05, 3.63) is 0 Å². The highest BCUT2D eigenvalue weighted by atomic mass is 32.1. The van der Waals surface area contributed by atoms with Gasteiger partial charge in [0.05, 0.1) is 0 Å². The van der Waals surface area contributed by atoms with Crippen LogP contribution in [0.4, 0.5) is 13.2 Å². The number of alkyl halides is 3. The second kappa shape index (κ2) is 4.08. The first-order chi connectivity index (χ1) is 4.48. The normalized spacial score (nSPS) is 15.3. The van der Waals surface area contributed by atoms with E-state index in [9.17, 15) is 13.2 Å². The lowest BCUT2D eigenvalue weighted by atomic mass is 10.2. The lowest BCUT2D eigenvalue weighted by Gasteiger charge is -2.12. The van der Waals surface area contributed by atoms with Crippen LogP contribution in [-0.2, 0) is 0 Å². The van der Waals surface area contributed by atoms with E-state index in [0.717, 1.165) is 0 Å². The minimum atomic E-state index is -4.47. The van der Waals surface area contributed by atoms with Crippen LogP contribution in [0.5, 0.6) is 0 Å². The largest absolute Gasteiger partial charge is 0.414 e. The number of hydrogen-bond donors (Lipinski definition) is 2. The van der Waals surface area contributed by atoms with Crippen LogP contribution in [0.25, 0.3) is 0 Å². The van der Waals surface area contributed by atoms with Gasteiger partial charge in [-0.2, -0.15) is 25.8 Å². The van der Waals surface area contributed by atoms with Gasteiger partial charge in [0.25, 0.3) is 0 Å². The molecule has 0 saturated heterocycles. The maximum absolute atomic E-state index is 11.5. The summed E-state index contributed by atoms with van der Waals surface area (Å²) in [6.07, 6.45) is -6.63. The summed E-state index contributed by atoms with van der Waals surface area (Å²) >= 11 is 3.71. The van der Waals surface area contributed by atoms with Crippen molar-refractivity contribution < 1.29 is 18.3 Å². The lowest BCUT2D eigenvalue weighted by Crippen LogP contribution is -2.28. The minimum absolute atomic E-state index is 0.257. The van der Waals surface area contributed by atoms with Gasteiger partial charge in [-0.15, -0.1) is 0 Å². The number of aliphatic hydroxyl groups excluding tert-OH is 1. The topological polar surface area (TPSA) is 20.2 Å². The summed E-state index contributed by atoms with van der Waals surface area (Å²) < 4.78 is 34.5. The van der Waals surface area contributed by atoms with Crippen LogP contribution >= 0.6 is 12.6 Å². The molecule has 0 amide bonds. The van der Waals surface area contributed by atoms with E-state index in [4.69, 9.17) is 5.11 Å². The molecule has 62 valence electrons. The van der Waals surface area contributed by atoms with E-state index in [-0.39, 0.29) is 12.8 Å². The molecule has 10 heavy (non-hydrogen) atoms. The third kappa shape index (κ3) is 4.00. The highest BCUT2D eigenvalue weighted by Crippen LogP contribution is 2.22. The Morgan fingerprint density at radius 1 is 1.40 bits per heavy atom. The number of rotatable bonds is 3. The molecule has 0 rings (SSSR count). The van der Waals surface area contributed by atoms with Gasteiger partial charge in [-0.1, -0.05) is 0 Å². The fraction of sp³-hybridized carbons (Fsp3) is 1.00. The standard InChI is InChI=1S/C5H9F3OS/c6-5(7,8)4(9)2-1-3-10/h4,9-10H,1-3H2. The second-order valence-corrected chi connectivity index (χ2v) is 2.37. The molecule has 0 fully saturated rings. The third-order valence-electron chi connectivity index (χ3n) is 1.01. The van der Waals surface area contributed by atoms with Crippen LogP contribution in [0, 0.1) is 0 Å². The molecule has 1 unspecified atom stereocenters. The molecule has 1 atom stereocenters. The fourth-order valence-electron chi connectivity index (χ4n) is 0.448. The van der Waals surface area contributed by atoms with Crippen LogP contribution in [-0.4, -0.2) is 23.1 Å². The number of halogens is 3. The zero-order valence-electron chi connectivity index (χ0n) is 5.23. The van der Waals surface area contributed by atoms with Gasteiger partial charge in [-0.05, 0) is 18.6 Å². The zero-order chi connectivity index (χ0) is 8.20. The highest BCUT2D eigenvalue weighted by Gasteiger charge is 2.37. The smallest absolute Gasteiger partial charge is 0.384 e. The molecule has 0 saturated carbocycles. The molecule has 0 radical (unpaired) electrons. The van der Waals surface area contributed by atoms with Crippen LogP contribution < -0.4 is 0 Å². The van der Waals surface area contributed by atoms with Crippen LogP contribution in [0.1, 0.15) is 12.8 Å². The molecule has 0 aromatic rings. The Balaban J connectivity index is 3.52. The first-order valence-electron chi connectivity index (χ1n) is 2.84. The van der Waals surface area contributed by atoms with E-state index in [2.05, 4.69) is 12.6 Å². The van der Waals surface area contributed by atoms with Gasteiger partial charge in [0, 0.05) is 0 Å². The molecule has 0 aliphatic rings. The van der Waals surface area contributed by atoms with Crippen molar-refractivity contribution >= 4 is 12.6 Å². The number of hydrogen-bond acceptors (Lipinski definition) is 2. The first kappa shape index (κ1) is 10.1. The summed E-state index contributed by atoms with van der Waals surface area (Å²) in [4.78, 5) is 0. The molecule has 0 bridgehead atoms. The second-order valence-electron chi connectivity index (χ2n) is 1.92. The van der Waals surface area contributed by atoms with E-state index in [0.29, 0.717) is 5.75 Å². The van der Waals surface area contributed by atoms with E-state index < -0.39 is 12.3 Å².